The first kappa shape index (κ1) is 19.7. The number of thiazole rings is 1. The average molecular weight is 403 g/mol. The second-order valence-electron chi connectivity index (χ2n) is 6.43. The van der Waals surface area contributed by atoms with Gasteiger partial charge in [0.1, 0.15) is 0 Å². The molecule has 0 unspecified atom stereocenters. The van der Waals surface area contributed by atoms with E-state index in [1.807, 2.05) is 5.38 Å². The summed E-state index contributed by atoms with van der Waals surface area (Å²) in [6.45, 7) is 3.77. The van der Waals surface area contributed by atoms with E-state index in [0.717, 1.165) is 5.69 Å². The molecular formula is C18H21N5O4S. The number of hydrogen-bond acceptors (Lipinski definition) is 6. The van der Waals surface area contributed by atoms with Crippen LogP contribution in [0.5, 0.6) is 0 Å². The minimum Gasteiger partial charge on any atom is -0.339 e. The molecule has 3 rings (SSSR count). The van der Waals surface area contributed by atoms with Gasteiger partial charge in [-0.25, -0.2) is 4.98 Å². The van der Waals surface area contributed by atoms with Gasteiger partial charge in [-0.15, -0.1) is 11.3 Å². The van der Waals surface area contributed by atoms with E-state index in [0.29, 0.717) is 49.7 Å². The second kappa shape index (κ2) is 8.79. The fourth-order valence-electron chi connectivity index (χ4n) is 2.86. The number of anilines is 1. The number of pyridine rings is 1. The average Bonchev–Trinajstić information content (AvgIpc) is 3.14. The summed E-state index contributed by atoms with van der Waals surface area (Å²) < 4.78 is 0. The molecule has 3 amide bonds. The number of nitrogens with one attached hydrogen (secondary N) is 2. The molecule has 2 aromatic rings. The topological polar surface area (TPSA) is 115 Å². The molecule has 148 valence electrons. The van der Waals surface area contributed by atoms with Crippen LogP contribution in [-0.4, -0.2) is 63.7 Å². The number of piperazine rings is 1. The Hall–Kier alpha value is -3.01. The molecule has 0 aliphatic carbocycles. The Labute approximate surface area is 165 Å². The largest absolute Gasteiger partial charge is 0.339 e. The van der Waals surface area contributed by atoms with Crippen LogP contribution >= 0.6 is 11.3 Å². The third kappa shape index (κ3) is 5.03. The normalized spacial score (nSPS) is 14.0. The summed E-state index contributed by atoms with van der Waals surface area (Å²) in [7, 11) is 0. The summed E-state index contributed by atoms with van der Waals surface area (Å²) in [6.07, 6.45) is 2.16. The zero-order valence-electron chi connectivity index (χ0n) is 15.4. The maximum atomic E-state index is 12.3. The summed E-state index contributed by atoms with van der Waals surface area (Å²) >= 11 is 1.28. The molecule has 9 nitrogen and oxygen atoms in total. The van der Waals surface area contributed by atoms with E-state index in [1.54, 1.807) is 9.80 Å². The van der Waals surface area contributed by atoms with Crippen LogP contribution < -0.4 is 10.9 Å². The number of aromatic amines is 1. The Balaban J connectivity index is 1.47. The summed E-state index contributed by atoms with van der Waals surface area (Å²) in [5.41, 5.74) is 0.786. The lowest BCUT2D eigenvalue weighted by Crippen LogP contribution is -2.50. The number of rotatable bonds is 5. The molecule has 10 heteroatoms. The van der Waals surface area contributed by atoms with Crippen molar-refractivity contribution in [2.45, 2.75) is 19.8 Å². The number of amides is 3. The van der Waals surface area contributed by atoms with Gasteiger partial charge in [-0.2, -0.15) is 0 Å². The van der Waals surface area contributed by atoms with E-state index in [1.165, 1.54) is 36.6 Å². The van der Waals surface area contributed by atoms with Crippen LogP contribution in [0.3, 0.4) is 0 Å². The number of aryl methyl sites for hydroxylation is 1. The van der Waals surface area contributed by atoms with Crippen LogP contribution in [0.1, 0.15) is 29.4 Å². The number of H-pyrrole nitrogens is 1. The van der Waals surface area contributed by atoms with E-state index in [-0.39, 0.29) is 23.3 Å². The highest BCUT2D eigenvalue weighted by atomic mass is 32.1. The van der Waals surface area contributed by atoms with Gasteiger partial charge in [-0.1, -0.05) is 0 Å². The minimum atomic E-state index is -0.364. The molecule has 0 atom stereocenters. The van der Waals surface area contributed by atoms with Crippen molar-refractivity contribution < 1.29 is 14.4 Å². The summed E-state index contributed by atoms with van der Waals surface area (Å²) in [5, 5.41) is 4.93. The van der Waals surface area contributed by atoms with Crippen molar-refractivity contribution in [2.24, 2.45) is 0 Å². The highest BCUT2D eigenvalue weighted by molar-refractivity contribution is 7.14. The van der Waals surface area contributed by atoms with Gasteiger partial charge in [0.05, 0.1) is 11.3 Å². The van der Waals surface area contributed by atoms with Gasteiger partial charge >= 0.3 is 0 Å². The number of carbonyl (C=O) groups is 3. The van der Waals surface area contributed by atoms with Gasteiger partial charge in [-0.05, 0) is 12.5 Å². The monoisotopic (exact) mass is 403 g/mol. The van der Waals surface area contributed by atoms with Gasteiger partial charge in [0.25, 0.3) is 5.91 Å². The van der Waals surface area contributed by atoms with E-state index >= 15 is 0 Å². The molecule has 2 aromatic heterocycles. The first-order valence-corrected chi connectivity index (χ1v) is 9.78. The molecule has 2 N–H and O–H groups in total. The molecule has 0 aromatic carbocycles. The zero-order valence-corrected chi connectivity index (χ0v) is 16.3. The van der Waals surface area contributed by atoms with Crippen molar-refractivity contribution in [3.8, 4) is 0 Å². The Morgan fingerprint density at radius 1 is 1.18 bits per heavy atom. The van der Waals surface area contributed by atoms with Crippen LogP contribution in [0.2, 0.25) is 0 Å². The highest BCUT2D eigenvalue weighted by Crippen LogP contribution is 2.18. The molecule has 1 aliphatic heterocycles. The smallest absolute Gasteiger partial charge is 0.258 e. The van der Waals surface area contributed by atoms with Crippen molar-refractivity contribution in [1.29, 1.82) is 0 Å². The SMILES string of the molecule is CC(=O)N1CCN(C(=O)CCc2csc(NC(=O)c3ccc(=O)[nH]c3)n2)CC1. The Morgan fingerprint density at radius 3 is 2.54 bits per heavy atom. The van der Waals surface area contributed by atoms with Crippen molar-refractivity contribution in [3.63, 3.8) is 0 Å². The quantitative estimate of drug-likeness (QED) is 0.763. The number of aromatic nitrogens is 2. The van der Waals surface area contributed by atoms with Crippen molar-refractivity contribution in [2.75, 3.05) is 31.5 Å². The van der Waals surface area contributed by atoms with Gasteiger partial charge in [-0.3, -0.25) is 24.5 Å². The van der Waals surface area contributed by atoms with Crippen LogP contribution in [-0.2, 0) is 16.0 Å². The number of nitrogens with zero attached hydrogens (tertiary/aromatic N) is 3. The summed E-state index contributed by atoms with van der Waals surface area (Å²) in [6, 6.07) is 2.72. The van der Waals surface area contributed by atoms with Crippen molar-refractivity contribution >= 4 is 34.2 Å². The van der Waals surface area contributed by atoms with Gasteiger partial charge in [0.15, 0.2) is 5.13 Å². The Kier molecular flexibility index (Phi) is 6.19. The van der Waals surface area contributed by atoms with Gasteiger partial charge in [0, 0.05) is 57.2 Å². The molecule has 1 saturated heterocycles. The molecule has 0 spiro atoms. The number of carbonyl (C=O) groups excluding carboxylic acids is 3. The third-order valence-corrected chi connectivity index (χ3v) is 5.30. The molecule has 1 fully saturated rings. The molecule has 3 heterocycles. The first-order valence-electron chi connectivity index (χ1n) is 8.90. The summed E-state index contributed by atoms with van der Waals surface area (Å²) in [4.78, 5) is 57.1. The maximum absolute atomic E-state index is 12.3. The second-order valence-corrected chi connectivity index (χ2v) is 7.28. The van der Waals surface area contributed by atoms with E-state index in [9.17, 15) is 19.2 Å². The van der Waals surface area contributed by atoms with E-state index in [4.69, 9.17) is 0 Å². The lowest BCUT2D eigenvalue weighted by molar-refractivity contribution is -0.138. The molecule has 0 bridgehead atoms. The van der Waals surface area contributed by atoms with E-state index in [2.05, 4.69) is 15.3 Å². The third-order valence-electron chi connectivity index (χ3n) is 4.49. The van der Waals surface area contributed by atoms with E-state index < -0.39 is 0 Å². The van der Waals surface area contributed by atoms with Crippen LogP contribution in [0.15, 0.2) is 28.5 Å². The maximum Gasteiger partial charge on any atom is 0.258 e. The molecule has 28 heavy (non-hydrogen) atoms. The lowest BCUT2D eigenvalue weighted by atomic mass is 10.2. The van der Waals surface area contributed by atoms with Crippen LogP contribution in [0.25, 0.3) is 0 Å². The molecular weight excluding hydrogens is 382 g/mol. The van der Waals surface area contributed by atoms with Crippen LogP contribution in [0, 0.1) is 0 Å². The highest BCUT2D eigenvalue weighted by Gasteiger charge is 2.22. The Bertz CT molecular complexity index is 910. The fraction of sp³-hybridized carbons (Fsp3) is 0.389. The standard InChI is InChI=1S/C18H21N5O4S/c1-12(24)22-6-8-23(9-7-22)16(26)5-3-14-11-28-18(20-14)21-17(27)13-2-4-15(25)19-10-13/h2,4,10-11H,3,5-9H2,1H3,(H,19,25)(H,20,21,27). The first-order chi connectivity index (χ1) is 13.4. The lowest BCUT2D eigenvalue weighted by Gasteiger charge is -2.34. The predicted molar refractivity (Wildman–Crippen MR) is 104 cm³/mol. The van der Waals surface area contributed by atoms with Crippen molar-refractivity contribution in [3.05, 3.63) is 45.3 Å². The molecule has 0 saturated carbocycles. The fourth-order valence-corrected chi connectivity index (χ4v) is 3.60. The Morgan fingerprint density at radius 2 is 1.89 bits per heavy atom. The zero-order chi connectivity index (χ0) is 20.1. The molecule has 1 aliphatic rings. The minimum absolute atomic E-state index is 0.0333. The van der Waals surface area contributed by atoms with Gasteiger partial charge in [0.2, 0.25) is 17.4 Å². The van der Waals surface area contributed by atoms with Crippen molar-refractivity contribution in [1.82, 2.24) is 19.8 Å². The molecule has 0 radical (unpaired) electrons. The summed E-state index contributed by atoms with van der Waals surface area (Å²) in [5.74, 6) is -0.294. The number of hydrogen-bond donors (Lipinski definition) is 2. The predicted octanol–water partition coefficient (Wildman–Crippen LogP) is 0.707. The van der Waals surface area contributed by atoms with Gasteiger partial charge < -0.3 is 14.8 Å². The van der Waals surface area contributed by atoms with Crippen LogP contribution in [0.4, 0.5) is 5.13 Å².